The maximum absolute atomic E-state index is 13.3. The Hall–Kier alpha value is -2.64. The Morgan fingerprint density at radius 3 is 2.56 bits per heavy atom. The summed E-state index contributed by atoms with van der Waals surface area (Å²) in [7, 11) is 2.11. The van der Waals surface area contributed by atoms with Gasteiger partial charge < -0.3 is 24.6 Å². The van der Waals surface area contributed by atoms with Crippen LogP contribution in [-0.4, -0.2) is 61.8 Å². The zero-order chi connectivity index (χ0) is 22.3. The van der Waals surface area contributed by atoms with E-state index in [2.05, 4.69) is 17.3 Å². The highest BCUT2D eigenvalue weighted by atomic mass is 19.1. The number of amides is 2. The second kappa shape index (κ2) is 10.8. The minimum atomic E-state index is -0.268. The van der Waals surface area contributed by atoms with E-state index in [0.29, 0.717) is 32.2 Å². The number of carbonyl (C=O) groups excluding carboxylic acids is 1. The summed E-state index contributed by atoms with van der Waals surface area (Å²) in [6.07, 6.45) is 2.12. The van der Waals surface area contributed by atoms with Gasteiger partial charge >= 0.3 is 6.03 Å². The first kappa shape index (κ1) is 22.6. The molecule has 0 radical (unpaired) electrons. The number of halogens is 1. The number of likely N-dealkylation sites (tertiary alicyclic amines) is 1. The number of carbonyl (C=O) groups is 1. The molecule has 0 saturated carbocycles. The number of hydrogen-bond donors (Lipinski definition) is 1. The topological polar surface area (TPSA) is 54.0 Å². The predicted octanol–water partition coefficient (Wildman–Crippen LogP) is 3.66. The van der Waals surface area contributed by atoms with Gasteiger partial charge in [-0.3, -0.25) is 0 Å². The van der Waals surface area contributed by atoms with Crippen LogP contribution in [0.1, 0.15) is 24.0 Å². The predicted molar refractivity (Wildman–Crippen MR) is 121 cm³/mol. The van der Waals surface area contributed by atoms with Crippen molar-refractivity contribution in [2.75, 3.05) is 39.9 Å². The Balaban J connectivity index is 1.33. The van der Waals surface area contributed by atoms with Gasteiger partial charge in [0.15, 0.2) is 0 Å². The first-order valence-electron chi connectivity index (χ1n) is 11.3. The summed E-state index contributed by atoms with van der Waals surface area (Å²) >= 11 is 0. The van der Waals surface area contributed by atoms with E-state index in [0.717, 1.165) is 49.4 Å². The van der Waals surface area contributed by atoms with E-state index in [1.807, 2.05) is 29.2 Å². The lowest BCUT2D eigenvalue weighted by molar-refractivity contribution is 0.141. The van der Waals surface area contributed by atoms with Gasteiger partial charge in [0.1, 0.15) is 17.7 Å². The van der Waals surface area contributed by atoms with Crippen molar-refractivity contribution in [3.05, 3.63) is 65.5 Å². The number of hydrogen-bond acceptors (Lipinski definition) is 4. The van der Waals surface area contributed by atoms with Gasteiger partial charge in [0.05, 0.1) is 13.2 Å². The average molecular weight is 442 g/mol. The highest BCUT2D eigenvalue weighted by Crippen LogP contribution is 2.19. The van der Waals surface area contributed by atoms with E-state index >= 15 is 0 Å². The molecule has 2 saturated heterocycles. The van der Waals surface area contributed by atoms with Crippen molar-refractivity contribution in [2.24, 2.45) is 5.92 Å². The smallest absolute Gasteiger partial charge is 0.317 e. The van der Waals surface area contributed by atoms with Crippen molar-refractivity contribution in [1.29, 1.82) is 0 Å². The van der Waals surface area contributed by atoms with Crippen LogP contribution in [0.15, 0.2) is 48.5 Å². The third kappa shape index (κ3) is 6.43. The molecule has 32 heavy (non-hydrogen) atoms. The maximum Gasteiger partial charge on any atom is 0.317 e. The third-order valence-corrected chi connectivity index (χ3v) is 6.10. The lowest BCUT2D eigenvalue weighted by atomic mass is 10.1. The first-order chi connectivity index (χ1) is 15.5. The summed E-state index contributed by atoms with van der Waals surface area (Å²) < 4.78 is 24.5. The van der Waals surface area contributed by atoms with Crippen LogP contribution in [0.4, 0.5) is 9.18 Å². The Morgan fingerprint density at radius 2 is 1.91 bits per heavy atom. The molecule has 6 nitrogen and oxygen atoms in total. The Bertz CT molecular complexity index is 869. The molecule has 0 spiro atoms. The van der Waals surface area contributed by atoms with Crippen molar-refractivity contribution < 1.29 is 18.7 Å². The number of benzene rings is 2. The molecule has 2 aliphatic rings. The normalized spacial score (nSPS) is 20.9. The average Bonchev–Trinajstić information content (AvgIpc) is 3.45. The van der Waals surface area contributed by atoms with Crippen LogP contribution in [0.5, 0.6) is 5.75 Å². The molecular formula is C25H32FN3O3. The molecule has 0 aromatic heterocycles. The van der Waals surface area contributed by atoms with Gasteiger partial charge in [0.25, 0.3) is 0 Å². The van der Waals surface area contributed by atoms with E-state index in [4.69, 9.17) is 9.47 Å². The maximum atomic E-state index is 13.3. The molecule has 2 aliphatic heterocycles. The number of ether oxygens (including phenoxy) is 2. The van der Waals surface area contributed by atoms with Crippen molar-refractivity contribution in [3.8, 4) is 5.75 Å². The van der Waals surface area contributed by atoms with Gasteiger partial charge in [0, 0.05) is 32.6 Å². The van der Waals surface area contributed by atoms with Crippen LogP contribution >= 0.6 is 0 Å². The van der Waals surface area contributed by atoms with Crippen molar-refractivity contribution in [1.82, 2.24) is 15.1 Å². The van der Waals surface area contributed by atoms with Gasteiger partial charge in [-0.05, 0) is 61.3 Å². The van der Waals surface area contributed by atoms with Crippen LogP contribution in [0, 0.1) is 11.7 Å². The molecule has 0 bridgehead atoms. The SMILES string of the molecule is CN1CCC(CN(Cc2ccc(F)cc2)C(=O)NCc2ccc(OC3CCOC3)cc2)C1. The van der Waals surface area contributed by atoms with Gasteiger partial charge in [-0.25, -0.2) is 9.18 Å². The molecule has 172 valence electrons. The highest BCUT2D eigenvalue weighted by molar-refractivity contribution is 5.74. The van der Waals surface area contributed by atoms with E-state index in [9.17, 15) is 9.18 Å². The monoisotopic (exact) mass is 441 g/mol. The summed E-state index contributed by atoms with van der Waals surface area (Å²) in [5, 5.41) is 3.05. The van der Waals surface area contributed by atoms with E-state index in [-0.39, 0.29) is 18.0 Å². The lowest BCUT2D eigenvalue weighted by Gasteiger charge is -2.26. The number of rotatable bonds is 8. The summed E-state index contributed by atoms with van der Waals surface area (Å²) in [4.78, 5) is 17.2. The van der Waals surface area contributed by atoms with Crippen LogP contribution < -0.4 is 10.1 Å². The Labute approximate surface area is 189 Å². The van der Waals surface area contributed by atoms with E-state index in [1.165, 1.54) is 12.1 Å². The van der Waals surface area contributed by atoms with Gasteiger partial charge in [-0.2, -0.15) is 0 Å². The second-order valence-electron chi connectivity index (χ2n) is 8.83. The van der Waals surface area contributed by atoms with Crippen LogP contribution in [0.25, 0.3) is 0 Å². The molecule has 4 rings (SSSR count). The number of nitrogens with zero attached hydrogens (tertiary/aromatic N) is 2. The van der Waals surface area contributed by atoms with Crippen molar-refractivity contribution in [3.63, 3.8) is 0 Å². The Kier molecular flexibility index (Phi) is 7.60. The minimum Gasteiger partial charge on any atom is -0.488 e. The molecule has 2 atom stereocenters. The van der Waals surface area contributed by atoms with Crippen molar-refractivity contribution >= 4 is 6.03 Å². The molecule has 2 aromatic carbocycles. The molecule has 1 N–H and O–H groups in total. The largest absolute Gasteiger partial charge is 0.488 e. The molecule has 2 fully saturated rings. The summed E-state index contributed by atoms with van der Waals surface area (Å²) in [5.74, 6) is 0.996. The standard InChI is InChI=1S/C25H32FN3O3/c1-28-12-10-21(15-28)17-29(16-20-2-6-22(26)7-3-20)25(30)27-14-19-4-8-23(9-5-19)32-24-11-13-31-18-24/h2-9,21,24H,10-18H2,1H3,(H,27,30). The van der Waals surface area contributed by atoms with Crippen LogP contribution in [-0.2, 0) is 17.8 Å². The molecule has 2 aromatic rings. The van der Waals surface area contributed by atoms with Crippen molar-refractivity contribution in [2.45, 2.75) is 32.0 Å². The fraction of sp³-hybridized carbons (Fsp3) is 0.480. The minimum absolute atomic E-state index is 0.104. The highest BCUT2D eigenvalue weighted by Gasteiger charge is 2.24. The lowest BCUT2D eigenvalue weighted by Crippen LogP contribution is -2.42. The molecule has 2 unspecified atom stereocenters. The summed E-state index contributed by atoms with van der Waals surface area (Å²) in [5.41, 5.74) is 1.93. The van der Waals surface area contributed by atoms with Gasteiger partial charge in [-0.15, -0.1) is 0 Å². The molecule has 2 heterocycles. The molecule has 2 amide bonds. The van der Waals surface area contributed by atoms with Gasteiger partial charge in [-0.1, -0.05) is 24.3 Å². The zero-order valence-corrected chi connectivity index (χ0v) is 18.6. The first-order valence-corrected chi connectivity index (χ1v) is 11.3. The zero-order valence-electron chi connectivity index (χ0n) is 18.6. The summed E-state index contributed by atoms with van der Waals surface area (Å²) in [6, 6.07) is 14.1. The third-order valence-electron chi connectivity index (χ3n) is 6.10. The molecular weight excluding hydrogens is 409 g/mol. The van der Waals surface area contributed by atoms with Gasteiger partial charge in [0.2, 0.25) is 0 Å². The van der Waals surface area contributed by atoms with Crippen LogP contribution in [0.2, 0.25) is 0 Å². The second-order valence-corrected chi connectivity index (χ2v) is 8.83. The van der Waals surface area contributed by atoms with E-state index in [1.54, 1.807) is 12.1 Å². The fourth-order valence-corrected chi connectivity index (χ4v) is 4.29. The number of nitrogens with one attached hydrogen (secondary N) is 1. The molecule has 7 heteroatoms. The fourth-order valence-electron chi connectivity index (χ4n) is 4.29. The summed E-state index contributed by atoms with van der Waals surface area (Å²) in [6.45, 7) is 5.01. The Morgan fingerprint density at radius 1 is 1.16 bits per heavy atom. The van der Waals surface area contributed by atoms with E-state index < -0.39 is 0 Å². The number of urea groups is 1. The van der Waals surface area contributed by atoms with Crippen LogP contribution in [0.3, 0.4) is 0 Å². The quantitative estimate of drug-likeness (QED) is 0.679. The molecule has 0 aliphatic carbocycles.